The molecule has 0 aromatic carbocycles. The van der Waals surface area contributed by atoms with Gasteiger partial charge in [-0.2, -0.15) is 0 Å². The van der Waals surface area contributed by atoms with Gasteiger partial charge in [0.1, 0.15) is 5.82 Å². The topological polar surface area (TPSA) is 17.8 Å². The molecule has 2 heteroatoms. The van der Waals surface area contributed by atoms with Crippen molar-refractivity contribution in [2.45, 2.75) is 245 Å². The fourth-order valence-corrected chi connectivity index (χ4v) is 7.06. The number of unbranched alkanes of at least 4 members (excludes halogenated alkanes) is 26. The molecule has 0 aliphatic rings. The molecule has 2 atom stereocenters. The zero-order valence-electron chi connectivity index (χ0n) is 30.3. The van der Waals surface area contributed by atoms with E-state index < -0.39 is 0 Å². The number of hydrogen-bond acceptors (Lipinski definition) is 1. The van der Waals surface area contributed by atoms with E-state index >= 15 is 0 Å². The van der Waals surface area contributed by atoms with Gasteiger partial charge in [0.05, 0.1) is 0 Å². The summed E-state index contributed by atoms with van der Waals surface area (Å²) in [6.45, 7) is 9.39. The first-order chi connectivity index (χ1) is 21.2. The Kier molecular flexibility index (Phi) is 29.2. The van der Waals surface area contributed by atoms with Crippen molar-refractivity contribution in [1.82, 2.24) is 9.55 Å². The van der Waals surface area contributed by atoms with Gasteiger partial charge in [-0.25, -0.2) is 4.98 Å². The minimum absolute atomic E-state index is 0.588. The van der Waals surface area contributed by atoms with Gasteiger partial charge in [0.25, 0.3) is 0 Å². The minimum Gasteiger partial charge on any atom is -0.332 e. The van der Waals surface area contributed by atoms with E-state index in [2.05, 4.69) is 44.7 Å². The number of nitrogens with zero attached hydrogens (tertiary/aromatic N) is 2. The van der Waals surface area contributed by atoms with Crippen LogP contribution in [0.15, 0.2) is 12.4 Å². The van der Waals surface area contributed by atoms with Crippen LogP contribution in [0.4, 0.5) is 0 Å². The molecule has 0 saturated heterocycles. The number of aromatic nitrogens is 2. The standard InChI is InChI=1S/C41H80N2/c1-5-8-11-14-17-20-22-24-27-30-33-36-40(35-32-29-26-19-16-13-10-7-3)41-42-37-38-43(41)39(4)34-31-28-25-23-21-18-15-12-9-6-2/h37-40H,5-36H2,1-4H3. The summed E-state index contributed by atoms with van der Waals surface area (Å²) in [6, 6.07) is 0.588. The summed E-state index contributed by atoms with van der Waals surface area (Å²) >= 11 is 0. The Morgan fingerprint density at radius 3 is 1.09 bits per heavy atom. The first kappa shape index (κ1) is 40.2. The van der Waals surface area contributed by atoms with Crippen LogP contribution in [0.25, 0.3) is 0 Å². The van der Waals surface area contributed by atoms with Crippen LogP contribution < -0.4 is 0 Å². The summed E-state index contributed by atoms with van der Waals surface area (Å²) in [5.41, 5.74) is 0. The third-order valence-electron chi connectivity index (χ3n) is 10.1. The molecular weight excluding hydrogens is 520 g/mol. The highest BCUT2D eigenvalue weighted by Crippen LogP contribution is 2.31. The van der Waals surface area contributed by atoms with E-state index in [0.29, 0.717) is 12.0 Å². The smallest absolute Gasteiger partial charge is 0.111 e. The van der Waals surface area contributed by atoms with Gasteiger partial charge >= 0.3 is 0 Å². The van der Waals surface area contributed by atoms with E-state index in [1.165, 1.54) is 211 Å². The Balaban J connectivity index is 2.42. The molecule has 1 aromatic heterocycles. The third kappa shape index (κ3) is 23.2. The van der Waals surface area contributed by atoms with E-state index in [1.807, 2.05) is 0 Å². The highest BCUT2D eigenvalue weighted by molar-refractivity contribution is 5.02. The zero-order valence-corrected chi connectivity index (χ0v) is 30.3. The molecule has 0 spiro atoms. The lowest BCUT2D eigenvalue weighted by atomic mass is 9.92. The quantitative estimate of drug-likeness (QED) is 0.0719. The van der Waals surface area contributed by atoms with E-state index in [9.17, 15) is 0 Å². The molecule has 43 heavy (non-hydrogen) atoms. The molecule has 0 fully saturated rings. The lowest BCUT2D eigenvalue weighted by Crippen LogP contribution is -2.13. The highest BCUT2D eigenvalue weighted by Gasteiger charge is 2.19. The van der Waals surface area contributed by atoms with Crippen LogP contribution in [0, 0.1) is 0 Å². The molecule has 0 aliphatic carbocycles. The maximum atomic E-state index is 5.02. The monoisotopic (exact) mass is 601 g/mol. The van der Waals surface area contributed by atoms with Crippen LogP contribution in [0.2, 0.25) is 0 Å². The van der Waals surface area contributed by atoms with Gasteiger partial charge in [0.15, 0.2) is 0 Å². The summed E-state index contributed by atoms with van der Waals surface area (Å²) in [5, 5.41) is 0. The molecular formula is C41H80N2. The first-order valence-electron chi connectivity index (χ1n) is 20.3. The van der Waals surface area contributed by atoms with Crippen LogP contribution in [0.1, 0.15) is 251 Å². The number of hydrogen-bond donors (Lipinski definition) is 0. The summed E-state index contributed by atoms with van der Waals surface area (Å²) < 4.78 is 2.59. The van der Waals surface area contributed by atoms with Crippen LogP contribution in [-0.2, 0) is 0 Å². The van der Waals surface area contributed by atoms with Gasteiger partial charge in [0, 0.05) is 24.4 Å². The van der Waals surface area contributed by atoms with Crippen LogP contribution >= 0.6 is 0 Å². The summed E-state index contributed by atoms with van der Waals surface area (Å²) in [4.78, 5) is 5.02. The molecule has 1 heterocycles. The Morgan fingerprint density at radius 1 is 0.442 bits per heavy atom. The van der Waals surface area contributed by atoms with Gasteiger partial charge in [-0.05, 0) is 26.2 Å². The second-order valence-corrected chi connectivity index (χ2v) is 14.3. The Bertz CT molecular complexity index is 664. The Hall–Kier alpha value is -0.790. The molecule has 0 bridgehead atoms. The Labute approximate surface area is 272 Å². The molecule has 0 amide bonds. The van der Waals surface area contributed by atoms with Crippen molar-refractivity contribution in [2.75, 3.05) is 0 Å². The summed E-state index contributed by atoms with van der Waals surface area (Å²) in [6.07, 6.45) is 49.7. The van der Waals surface area contributed by atoms with Gasteiger partial charge in [0.2, 0.25) is 0 Å². The van der Waals surface area contributed by atoms with Crippen molar-refractivity contribution < 1.29 is 0 Å². The van der Waals surface area contributed by atoms with E-state index in [4.69, 9.17) is 4.98 Å². The maximum Gasteiger partial charge on any atom is 0.111 e. The second kappa shape index (κ2) is 31.2. The Morgan fingerprint density at radius 2 is 0.744 bits per heavy atom. The molecule has 254 valence electrons. The average Bonchev–Trinajstić information content (AvgIpc) is 3.51. The lowest BCUT2D eigenvalue weighted by Gasteiger charge is -2.22. The molecule has 0 aliphatic heterocycles. The van der Waals surface area contributed by atoms with Crippen LogP contribution in [0.5, 0.6) is 0 Å². The fraction of sp³-hybridized carbons (Fsp3) is 0.927. The summed E-state index contributed by atoms with van der Waals surface area (Å²) in [7, 11) is 0. The van der Waals surface area contributed by atoms with Crippen molar-refractivity contribution >= 4 is 0 Å². The van der Waals surface area contributed by atoms with E-state index in [0.717, 1.165) is 0 Å². The van der Waals surface area contributed by atoms with Gasteiger partial charge in [-0.1, -0.05) is 207 Å². The van der Waals surface area contributed by atoms with E-state index in [1.54, 1.807) is 0 Å². The summed E-state index contributed by atoms with van der Waals surface area (Å²) in [5.74, 6) is 2.07. The molecule has 1 rings (SSSR count). The van der Waals surface area contributed by atoms with E-state index in [-0.39, 0.29) is 0 Å². The van der Waals surface area contributed by atoms with Crippen molar-refractivity contribution in [1.29, 1.82) is 0 Å². The normalized spacial score (nSPS) is 13.1. The minimum atomic E-state index is 0.588. The van der Waals surface area contributed by atoms with Crippen molar-refractivity contribution in [3.63, 3.8) is 0 Å². The van der Waals surface area contributed by atoms with Gasteiger partial charge < -0.3 is 4.57 Å². The van der Waals surface area contributed by atoms with Crippen LogP contribution in [-0.4, -0.2) is 9.55 Å². The highest BCUT2D eigenvalue weighted by atomic mass is 15.1. The van der Waals surface area contributed by atoms with Gasteiger partial charge in [-0.15, -0.1) is 0 Å². The zero-order chi connectivity index (χ0) is 31.1. The molecule has 2 nitrogen and oxygen atoms in total. The number of rotatable bonds is 34. The van der Waals surface area contributed by atoms with Crippen molar-refractivity contribution in [3.8, 4) is 0 Å². The SMILES string of the molecule is CCCCCCCCCCCCCC(CCCCCCCCCC)c1nccn1C(C)CCCCCCCCCCCC. The third-order valence-corrected chi connectivity index (χ3v) is 10.1. The molecule has 0 radical (unpaired) electrons. The first-order valence-corrected chi connectivity index (χ1v) is 20.3. The van der Waals surface area contributed by atoms with Crippen molar-refractivity contribution in [2.24, 2.45) is 0 Å². The fourth-order valence-electron chi connectivity index (χ4n) is 7.06. The molecule has 1 aromatic rings. The molecule has 0 N–H and O–H groups in total. The predicted octanol–water partition coefficient (Wildman–Crippen LogP) is 15.1. The second-order valence-electron chi connectivity index (χ2n) is 14.3. The molecule has 2 unspecified atom stereocenters. The largest absolute Gasteiger partial charge is 0.332 e. The van der Waals surface area contributed by atoms with Crippen molar-refractivity contribution in [3.05, 3.63) is 18.2 Å². The van der Waals surface area contributed by atoms with Crippen LogP contribution in [0.3, 0.4) is 0 Å². The lowest BCUT2D eigenvalue weighted by molar-refractivity contribution is 0.412. The number of imidazole rings is 1. The average molecular weight is 601 g/mol. The molecule has 0 saturated carbocycles. The predicted molar refractivity (Wildman–Crippen MR) is 194 cm³/mol. The van der Waals surface area contributed by atoms with Gasteiger partial charge in [-0.3, -0.25) is 0 Å². The maximum absolute atomic E-state index is 5.02.